The minimum atomic E-state index is -0.878. The van der Waals surface area contributed by atoms with Crippen molar-refractivity contribution < 1.29 is 4.39 Å². The number of rotatable bonds is 3. The number of halogens is 1. The van der Waals surface area contributed by atoms with E-state index in [1.54, 1.807) is 6.92 Å². The van der Waals surface area contributed by atoms with Gasteiger partial charge in [-0.15, -0.1) is 0 Å². The summed E-state index contributed by atoms with van der Waals surface area (Å²) in [5.74, 6) is 0. The van der Waals surface area contributed by atoms with Gasteiger partial charge in [-0.05, 0) is 37.6 Å². The molecule has 0 fully saturated rings. The molecule has 1 aromatic rings. The average molecular weight is 181 g/mol. The zero-order valence-corrected chi connectivity index (χ0v) is 8.39. The van der Waals surface area contributed by atoms with Crippen LogP contribution in [0.2, 0.25) is 0 Å². The van der Waals surface area contributed by atoms with Gasteiger partial charge >= 0.3 is 0 Å². The van der Waals surface area contributed by atoms with Gasteiger partial charge < -0.3 is 5.32 Å². The van der Waals surface area contributed by atoms with Crippen molar-refractivity contribution >= 4 is 0 Å². The summed E-state index contributed by atoms with van der Waals surface area (Å²) in [6.45, 7) is 4.34. The molecule has 0 amide bonds. The number of benzene rings is 1. The zero-order chi connectivity index (χ0) is 9.84. The summed E-state index contributed by atoms with van der Waals surface area (Å²) in [5.41, 5.74) is 3.03. The molecular weight excluding hydrogens is 165 g/mol. The summed E-state index contributed by atoms with van der Waals surface area (Å²) in [6.07, 6.45) is -0.878. The van der Waals surface area contributed by atoms with E-state index in [4.69, 9.17) is 0 Å². The van der Waals surface area contributed by atoms with Crippen LogP contribution >= 0.6 is 0 Å². The molecule has 1 N–H and O–H groups in total. The van der Waals surface area contributed by atoms with Crippen molar-refractivity contribution in [2.75, 3.05) is 7.05 Å². The molecule has 0 radical (unpaired) electrons. The summed E-state index contributed by atoms with van der Waals surface area (Å²) in [4.78, 5) is 0. The minimum absolute atomic E-state index is 0.798. The highest BCUT2D eigenvalue weighted by atomic mass is 19.1. The molecule has 0 spiro atoms. The van der Waals surface area contributed by atoms with Gasteiger partial charge in [-0.2, -0.15) is 0 Å². The summed E-state index contributed by atoms with van der Waals surface area (Å²) < 4.78 is 13.1. The highest BCUT2D eigenvalue weighted by Gasteiger charge is 2.08. The molecule has 1 aromatic carbocycles. The van der Waals surface area contributed by atoms with Crippen molar-refractivity contribution in [2.24, 2.45) is 0 Å². The molecule has 0 heterocycles. The normalized spacial score (nSPS) is 12.9. The third kappa shape index (κ3) is 2.28. The van der Waals surface area contributed by atoms with Crippen molar-refractivity contribution in [2.45, 2.75) is 26.6 Å². The van der Waals surface area contributed by atoms with Gasteiger partial charge in [0, 0.05) is 6.54 Å². The van der Waals surface area contributed by atoms with Crippen LogP contribution in [0.15, 0.2) is 18.2 Å². The second kappa shape index (κ2) is 4.38. The molecule has 2 heteroatoms. The van der Waals surface area contributed by atoms with Crippen molar-refractivity contribution in [1.82, 2.24) is 5.32 Å². The molecule has 1 rings (SSSR count). The Morgan fingerprint density at radius 3 is 2.69 bits per heavy atom. The van der Waals surface area contributed by atoms with E-state index in [0.29, 0.717) is 0 Å². The second-order valence-electron chi connectivity index (χ2n) is 3.28. The van der Waals surface area contributed by atoms with E-state index in [1.165, 1.54) is 5.56 Å². The van der Waals surface area contributed by atoms with Gasteiger partial charge in [-0.3, -0.25) is 0 Å². The van der Waals surface area contributed by atoms with Gasteiger partial charge in [0.05, 0.1) is 0 Å². The summed E-state index contributed by atoms with van der Waals surface area (Å²) in [7, 11) is 1.89. The van der Waals surface area contributed by atoms with Crippen LogP contribution in [0.1, 0.15) is 29.8 Å². The first kappa shape index (κ1) is 10.2. The molecule has 1 nitrogen and oxygen atoms in total. The molecule has 0 aliphatic heterocycles. The van der Waals surface area contributed by atoms with E-state index in [2.05, 4.69) is 5.32 Å². The molecular formula is C11H16FN. The third-order valence-electron chi connectivity index (χ3n) is 2.28. The Morgan fingerprint density at radius 2 is 2.15 bits per heavy atom. The van der Waals surface area contributed by atoms with Gasteiger partial charge in [0.1, 0.15) is 6.17 Å². The standard InChI is InChI=1S/C11H16FN/c1-8-10(7-13-3)5-4-6-11(8)9(2)12/h4-6,9,13H,7H2,1-3H3. The molecule has 1 unspecified atom stereocenters. The van der Waals surface area contributed by atoms with Crippen molar-refractivity contribution in [3.05, 3.63) is 34.9 Å². The van der Waals surface area contributed by atoms with Gasteiger partial charge in [-0.25, -0.2) is 4.39 Å². The highest BCUT2D eigenvalue weighted by Crippen LogP contribution is 2.22. The quantitative estimate of drug-likeness (QED) is 0.756. The number of hydrogen-bond donors (Lipinski definition) is 1. The topological polar surface area (TPSA) is 12.0 Å². The molecule has 0 bridgehead atoms. The van der Waals surface area contributed by atoms with Gasteiger partial charge in [0.25, 0.3) is 0 Å². The van der Waals surface area contributed by atoms with E-state index >= 15 is 0 Å². The SMILES string of the molecule is CNCc1cccc(C(C)F)c1C. The summed E-state index contributed by atoms with van der Waals surface area (Å²) in [6, 6.07) is 5.78. The van der Waals surface area contributed by atoms with Crippen molar-refractivity contribution in [3.8, 4) is 0 Å². The van der Waals surface area contributed by atoms with E-state index in [-0.39, 0.29) is 0 Å². The van der Waals surface area contributed by atoms with Crippen LogP contribution in [0.5, 0.6) is 0 Å². The van der Waals surface area contributed by atoms with Crippen LogP contribution in [0.4, 0.5) is 4.39 Å². The fraction of sp³-hybridized carbons (Fsp3) is 0.455. The Morgan fingerprint density at radius 1 is 1.46 bits per heavy atom. The molecule has 0 aromatic heterocycles. The van der Waals surface area contributed by atoms with Crippen LogP contribution < -0.4 is 5.32 Å². The largest absolute Gasteiger partial charge is 0.316 e. The van der Waals surface area contributed by atoms with Crippen LogP contribution in [-0.4, -0.2) is 7.05 Å². The maximum atomic E-state index is 13.1. The molecule has 0 aliphatic rings. The Kier molecular flexibility index (Phi) is 3.43. The molecule has 72 valence electrons. The van der Waals surface area contributed by atoms with Crippen LogP contribution in [-0.2, 0) is 6.54 Å². The van der Waals surface area contributed by atoms with E-state index in [1.807, 2.05) is 32.2 Å². The van der Waals surface area contributed by atoms with Crippen molar-refractivity contribution in [3.63, 3.8) is 0 Å². The fourth-order valence-electron chi connectivity index (χ4n) is 1.52. The van der Waals surface area contributed by atoms with Gasteiger partial charge in [0.2, 0.25) is 0 Å². The predicted octanol–water partition coefficient (Wildman–Crippen LogP) is 2.74. The summed E-state index contributed by atoms with van der Waals surface area (Å²) >= 11 is 0. The number of alkyl halides is 1. The zero-order valence-electron chi connectivity index (χ0n) is 8.39. The molecule has 0 aliphatic carbocycles. The maximum absolute atomic E-state index is 13.1. The molecule has 1 atom stereocenters. The van der Waals surface area contributed by atoms with Crippen LogP contribution in [0.3, 0.4) is 0 Å². The van der Waals surface area contributed by atoms with Crippen LogP contribution in [0, 0.1) is 6.92 Å². The Balaban J connectivity index is 3.03. The van der Waals surface area contributed by atoms with Crippen molar-refractivity contribution in [1.29, 1.82) is 0 Å². The Hall–Kier alpha value is -0.890. The Labute approximate surface area is 79.0 Å². The van der Waals surface area contributed by atoms with E-state index in [0.717, 1.165) is 17.7 Å². The lowest BCUT2D eigenvalue weighted by Gasteiger charge is -2.11. The first-order valence-electron chi connectivity index (χ1n) is 4.54. The minimum Gasteiger partial charge on any atom is -0.316 e. The lowest BCUT2D eigenvalue weighted by atomic mass is 10.00. The lowest BCUT2D eigenvalue weighted by Crippen LogP contribution is -2.07. The maximum Gasteiger partial charge on any atom is 0.123 e. The van der Waals surface area contributed by atoms with E-state index < -0.39 is 6.17 Å². The molecule has 13 heavy (non-hydrogen) atoms. The van der Waals surface area contributed by atoms with Gasteiger partial charge in [-0.1, -0.05) is 18.2 Å². The summed E-state index contributed by atoms with van der Waals surface area (Å²) in [5, 5.41) is 3.07. The molecule has 0 saturated carbocycles. The lowest BCUT2D eigenvalue weighted by molar-refractivity contribution is 0.372. The molecule has 0 saturated heterocycles. The van der Waals surface area contributed by atoms with E-state index in [9.17, 15) is 4.39 Å². The predicted molar refractivity (Wildman–Crippen MR) is 53.5 cm³/mol. The number of hydrogen-bond acceptors (Lipinski definition) is 1. The van der Waals surface area contributed by atoms with Crippen LogP contribution in [0.25, 0.3) is 0 Å². The first-order chi connectivity index (χ1) is 6.16. The fourth-order valence-corrected chi connectivity index (χ4v) is 1.52. The number of nitrogens with one attached hydrogen (secondary N) is 1. The second-order valence-corrected chi connectivity index (χ2v) is 3.28. The average Bonchev–Trinajstić information content (AvgIpc) is 2.08. The monoisotopic (exact) mass is 181 g/mol. The highest BCUT2D eigenvalue weighted by molar-refractivity contribution is 5.35. The third-order valence-corrected chi connectivity index (χ3v) is 2.28. The smallest absolute Gasteiger partial charge is 0.123 e. The first-order valence-corrected chi connectivity index (χ1v) is 4.54. The van der Waals surface area contributed by atoms with Gasteiger partial charge in [0.15, 0.2) is 0 Å². The Bertz CT molecular complexity index is 281.